The van der Waals surface area contributed by atoms with E-state index in [1.807, 2.05) is 12.3 Å². The summed E-state index contributed by atoms with van der Waals surface area (Å²) in [5, 5.41) is 15.0. The van der Waals surface area contributed by atoms with Crippen LogP contribution in [-0.4, -0.2) is 21.6 Å². The molecule has 0 bridgehead atoms. The van der Waals surface area contributed by atoms with Crippen molar-refractivity contribution in [1.29, 1.82) is 0 Å². The molecule has 4 nitrogen and oxygen atoms in total. The molecule has 2 rings (SSSR count). The zero-order valence-electron chi connectivity index (χ0n) is 9.49. The van der Waals surface area contributed by atoms with Crippen molar-refractivity contribution in [2.75, 3.05) is 5.32 Å². The van der Waals surface area contributed by atoms with Crippen molar-refractivity contribution in [2.24, 2.45) is 5.92 Å². The number of carbonyl (C=O) groups is 1. The SMILES string of the molecule is CCc1csc(NC(C)(C(=O)O)C2CC2)n1. The molecule has 1 aliphatic rings. The molecule has 16 heavy (non-hydrogen) atoms. The minimum atomic E-state index is -0.858. The summed E-state index contributed by atoms with van der Waals surface area (Å²) in [5.74, 6) is -0.553. The van der Waals surface area contributed by atoms with Crippen molar-refractivity contribution in [3.63, 3.8) is 0 Å². The highest BCUT2D eigenvalue weighted by Gasteiger charge is 2.48. The van der Waals surface area contributed by atoms with Gasteiger partial charge in [-0.25, -0.2) is 9.78 Å². The molecule has 0 aliphatic heterocycles. The Morgan fingerprint density at radius 3 is 2.88 bits per heavy atom. The van der Waals surface area contributed by atoms with Gasteiger partial charge in [0.15, 0.2) is 5.13 Å². The molecule has 1 aliphatic carbocycles. The first kappa shape index (κ1) is 11.4. The third kappa shape index (κ3) is 2.04. The maximum Gasteiger partial charge on any atom is 0.329 e. The van der Waals surface area contributed by atoms with Crippen LogP contribution in [0.5, 0.6) is 0 Å². The van der Waals surface area contributed by atoms with Gasteiger partial charge in [0.1, 0.15) is 5.54 Å². The number of carboxylic acids is 1. The Bertz CT molecular complexity index is 400. The van der Waals surface area contributed by atoms with Crippen molar-refractivity contribution in [2.45, 2.75) is 38.6 Å². The number of rotatable bonds is 5. The number of aliphatic carboxylic acids is 1. The van der Waals surface area contributed by atoms with E-state index in [9.17, 15) is 9.90 Å². The van der Waals surface area contributed by atoms with E-state index in [1.54, 1.807) is 6.92 Å². The van der Waals surface area contributed by atoms with Gasteiger partial charge in [-0.1, -0.05) is 6.92 Å². The zero-order valence-corrected chi connectivity index (χ0v) is 10.3. The van der Waals surface area contributed by atoms with Crippen LogP contribution >= 0.6 is 11.3 Å². The van der Waals surface area contributed by atoms with Crippen LogP contribution in [0.2, 0.25) is 0 Å². The number of anilines is 1. The summed E-state index contributed by atoms with van der Waals surface area (Å²) in [6.45, 7) is 3.79. The molecule has 1 aromatic rings. The van der Waals surface area contributed by atoms with Crippen molar-refractivity contribution in [1.82, 2.24) is 4.98 Å². The number of nitrogens with zero attached hydrogens (tertiary/aromatic N) is 1. The third-order valence-corrected chi connectivity index (χ3v) is 3.93. The predicted octanol–water partition coefficient (Wildman–Crippen LogP) is 2.37. The first-order chi connectivity index (χ1) is 7.56. The Kier molecular flexibility index (Phi) is 2.88. The van der Waals surface area contributed by atoms with Gasteiger partial charge in [0.25, 0.3) is 0 Å². The van der Waals surface area contributed by atoms with Crippen LogP contribution in [0.4, 0.5) is 5.13 Å². The molecule has 1 atom stereocenters. The number of nitrogens with one attached hydrogen (secondary N) is 1. The summed E-state index contributed by atoms with van der Waals surface area (Å²) in [7, 11) is 0. The molecule has 0 aromatic carbocycles. The van der Waals surface area contributed by atoms with E-state index < -0.39 is 11.5 Å². The molecule has 0 radical (unpaired) electrons. The Morgan fingerprint density at radius 1 is 1.75 bits per heavy atom. The van der Waals surface area contributed by atoms with E-state index in [-0.39, 0.29) is 5.92 Å². The van der Waals surface area contributed by atoms with Gasteiger partial charge in [0, 0.05) is 5.38 Å². The number of hydrogen-bond donors (Lipinski definition) is 2. The van der Waals surface area contributed by atoms with Crippen LogP contribution < -0.4 is 5.32 Å². The molecular weight excluding hydrogens is 224 g/mol. The smallest absolute Gasteiger partial charge is 0.329 e. The fraction of sp³-hybridized carbons (Fsp3) is 0.636. The molecule has 1 heterocycles. The second-order valence-corrected chi connectivity index (χ2v) is 5.26. The van der Waals surface area contributed by atoms with Gasteiger partial charge in [-0.15, -0.1) is 11.3 Å². The topological polar surface area (TPSA) is 62.2 Å². The Morgan fingerprint density at radius 2 is 2.44 bits per heavy atom. The van der Waals surface area contributed by atoms with E-state index in [2.05, 4.69) is 10.3 Å². The van der Waals surface area contributed by atoms with Gasteiger partial charge in [-0.2, -0.15) is 0 Å². The fourth-order valence-electron chi connectivity index (χ4n) is 1.74. The lowest BCUT2D eigenvalue weighted by Gasteiger charge is -2.25. The van der Waals surface area contributed by atoms with E-state index in [0.29, 0.717) is 5.13 Å². The van der Waals surface area contributed by atoms with Gasteiger partial charge in [0.2, 0.25) is 0 Å². The van der Waals surface area contributed by atoms with E-state index in [1.165, 1.54) is 11.3 Å². The highest BCUT2D eigenvalue weighted by Crippen LogP contribution is 2.42. The second kappa shape index (κ2) is 4.05. The number of thiazole rings is 1. The van der Waals surface area contributed by atoms with Crippen LogP contribution in [0, 0.1) is 5.92 Å². The molecule has 1 fully saturated rings. The lowest BCUT2D eigenvalue weighted by molar-refractivity contribution is -0.142. The van der Waals surface area contributed by atoms with Crippen molar-refractivity contribution in [3.05, 3.63) is 11.1 Å². The summed E-state index contributed by atoms with van der Waals surface area (Å²) >= 11 is 1.48. The van der Waals surface area contributed by atoms with E-state index in [0.717, 1.165) is 25.0 Å². The Balaban J connectivity index is 2.14. The molecule has 5 heteroatoms. The van der Waals surface area contributed by atoms with Crippen LogP contribution in [0.3, 0.4) is 0 Å². The van der Waals surface area contributed by atoms with Crippen LogP contribution in [0.1, 0.15) is 32.4 Å². The largest absolute Gasteiger partial charge is 0.480 e. The second-order valence-electron chi connectivity index (χ2n) is 4.40. The minimum absolute atomic E-state index is 0.235. The monoisotopic (exact) mass is 240 g/mol. The normalized spacial score (nSPS) is 19.1. The van der Waals surface area contributed by atoms with E-state index >= 15 is 0 Å². The van der Waals surface area contributed by atoms with Gasteiger partial charge in [-0.3, -0.25) is 0 Å². The highest BCUT2D eigenvalue weighted by atomic mass is 32.1. The first-order valence-electron chi connectivity index (χ1n) is 5.52. The van der Waals surface area contributed by atoms with Crippen LogP contribution in [0.15, 0.2) is 5.38 Å². The molecule has 1 saturated carbocycles. The Labute approximate surface area is 98.7 Å². The third-order valence-electron chi connectivity index (χ3n) is 3.12. The van der Waals surface area contributed by atoms with Crippen LogP contribution in [-0.2, 0) is 11.2 Å². The number of carboxylic acid groups (broad SMARTS) is 1. The number of aromatic nitrogens is 1. The summed E-state index contributed by atoms with van der Waals surface area (Å²) in [4.78, 5) is 15.6. The summed E-state index contributed by atoms with van der Waals surface area (Å²) < 4.78 is 0. The maximum atomic E-state index is 11.3. The summed E-state index contributed by atoms with van der Waals surface area (Å²) in [5.41, 5.74) is 0.152. The van der Waals surface area contributed by atoms with Crippen LogP contribution in [0.25, 0.3) is 0 Å². The lowest BCUT2D eigenvalue weighted by Crippen LogP contribution is -2.45. The standard InChI is InChI=1S/C11H16N2O2S/c1-3-8-6-16-10(12-8)13-11(2,9(14)15)7-4-5-7/h6-7H,3-5H2,1-2H3,(H,12,13)(H,14,15). The summed E-state index contributed by atoms with van der Waals surface area (Å²) in [6, 6.07) is 0. The van der Waals surface area contributed by atoms with Gasteiger partial charge in [0.05, 0.1) is 5.69 Å². The fourth-order valence-corrected chi connectivity index (χ4v) is 2.65. The van der Waals surface area contributed by atoms with Crippen molar-refractivity contribution in [3.8, 4) is 0 Å². The van der Waals surface area contributed by atoms with Gasteiger partial charge in [-0.05, 0) is 32.1 Å². The average Bonchev–Trinajstić information content (AvgIpc) is 3.00. The molecular formula is C11H16N2O2S. The minimum Gasteiger partial charge on any atom is -0.480 e. The molecule has 1 unspecified atom stereocenters. The quantitative estimate of drug-likeness (QED) is 0.829. The predicted molar refractivity (Wildman–Crippen MR) is 63.9 cm³/mol. The highest BCUT2D eigenvalue weighted by molar-refractivity contribution is 7.13. The van der Waals surface area contributed by atoms with Crippen molar-refractivity contribution < 1.29 is 9.90 Å². The van der Waals surface area contributed by atoms with Gasteiger partial charge >= 0.3 is 5.97 Å². The molecule has 0 saturated heterocycles. The molecule has 88 valence electrons. The van der Waals surface area contributed by atoms with Gasteiger partial charge < -0.3 is 10.4 Å². The first-order valence-corrected chi connectivity index (χ1v) is 6.40. The zero-order chi connectivity index (χ0) is 11.8. The van der Waals surface area contributed by atoms with E-state index in [4.69, 9.17) is 0 Å². The molecule has 0 spiro atoms. The average molecular weight is 240 g/mol. The number of aryl methyl sites for hydroxylation is 1. The lowest BCUT2D eigenvalue weighted by atomic mass is 9.96. The molecule has 2 N–H and O–H groups in total. The van der Waals surface area contributed by atoms with Crippen molar-refractivity contribution >= 4 is 22.4 Å². The maximum absolute atomic E-state index is 11.3. The summed E-state index contributed by atoms with van der Waals surface area (Å²) in [6.07, 6.45) is 2.86. The number of hydrogen-bond acceptors (Lipinski definition) is 4. The molecule has 0 amide bonds. The Hall–Kier alpha value is -1.10. The molecule has 1 aromatic heterocycles.